The number of anilines is 1. The average molecular weight is 340 g/mol. The molecule has 0 fully saturated rings. The molecule has 0 aliphatic heterocycles. The molecular weight excluding hydrogens is 312 g/mol. The SMILES string of the molecule is CC(=N)/C=C(/C)c1nc(NC(CO)CC(C)C)[nH]c1-c1ccccc1. The Labute approximate surface area is 149 Å². The van der Waals surface area contributed by atoms with Gasteiger partial charge in [0.25, 0.3) is 0 Å². The number of allylic oxidation sites excluding steroid dienone is 2. The van der Waals surface area contributed by atoms with Crippen molar-refractivity contribution in [1.29, 1.82) is 5.41 Å². The first-order chi connectivity index (χ1) is 11.9. The number of aromatic nitrogens is 2. The lowest BCUT2D eigenvalue weighted by atomic mass is 10.0. The van der Waals surface area contributed by atoms with Gasteiger partial charge in [-0.1, -0.05) is 44.2 Å². The van der Waals surface area contributed by atoms with Crippen LogP contribution < -0.4 is 5.32 Å². The lowest BCUT2D eigenvalue weighted by Crippen LogP contribution is -2.26. The summed E-state index contributed by atoms with van der Waals surface area (Å²) in [6.45, 7) is 8.04. The molecule has 1 unspecified atom stereocenters. The Kier molecular flexibility index (Phi) is 6.53. The fourth-order valence-electron chi connectivity index (χ4n) is 2.88. The van der Waals surface area contributed by atoms with Crippen LogP contribution in [0.1, 0.15) is 39.8 Å². The lowest BCUT2D eigenvalue weighted by molar-refractivity contribution is 0.259. The largest absolute Gasteiger partial charge is 0.394 e. The number of H-pyrrole nitrogens is 1. The minimum Gasteiger partial charge on any atom is -0.394 e. The van der Waals surface area contributed by atoms with Crippen molar-refractivity contribution in [3.05, 3.63) is 42.1 Å². The van der Waals surface area contributed by atoms with Crippen molar-refractivity contribution >= 4 is 17.2 Å². The molecule has 2 rings (SSSR count). The third-order valence-corrected chi connectivity index (χ3v) is 3.89. The smallest absolute Gasteiger partial charge is 0.201 e. The summed E-state index contributed by atoms with van der Waals surface area (Å²) in [7, 11) is 0. The Morgan fingerprint density at radius 1 is 1.28 bits per heavy atom. The number of hydrogen-bond acceptors (Lipinski definition) is 4. The Balaban J connectivity index is 2.40. The Morgan fingerprint density at radius 3 is 2.52 bits per heavy atom. The molecule has 5 nitrogen and oxygen atoms in total. The number of nitrogens with one attached hydrogen (secondary N) is 3. The van der Waals surface area contributed by atoms with Gasteiger partial charge in [0.2, 0.25) is 5.95 Å². The summed E-state index contributed by atoms with van der Waals surface area (Å²) in [6, 6.07) is 9.97. The quantitative estimate of drug-likeness (QED) is 0.539. The number of hydrogen-bond donors (Lipinski definition) is 4. The van der Waals surface area contributed by atoms with E-state index in [4.69, 9.17) is 10.4 Å². The van der Waals surface area contributed by atoms with E-state index in [-0.39, 0.29) is 12.6 Å². The first-order valence-corrected chi connectivity index (χ1v) is 8.67. The number of aromatic amines is 1. The molecule has 0 aliphatic rings. The number of aliphatic hydroxyl groups is 1. The third kappa shape index (κ3) is 5.29. The second kappa shape index (κ2) is 8.62. The van der Waals surface area contributed by atoms with Crippen LogP contribution in [0.3, 0.4) is 0 Å². The van der Waals surface area contributed by atoms with Crippen molar-refractivity contribution in [2.75, 3.05) is 11.9 Å². The van der Waals surface area contributed by atoms with E-state index in [2.05, 4.69) is 24.1 Å². The molecule has 1 aromatic heterocycles. The van der Waals surface area contributed by atoms with Crippen molar-refractivity contribution in [2.45, 2.75) is 40.2 Å². The van der Waals surface area contributed by atoms with Crippen LogP contribution in [0.25, 0.3) is 16.8 Å². The number of aliphatic hydroxyl groups excluding tert-OH is 1. The van der Waals surface area contributed by atoms with E-state index in [0.29, 0.717) is 17.6 Å². The molecule has 0 aliphatic carbocycles. The zero-order valence-electron chi connectivity index (χ0n) is 15.4. The maximum atomic E-state index is 9.61. The van der Waals surface area contributed by atoms with Gasteiger partial charge in [-0.2, -0.15) is 0 Å². The van der Waals surface area contributed by atoms with Crippen molar-refractivity contribution < 1.29 is 5.11 Å². The highest BCUT2D eigenvalue weighted by atomic mass is 16.3. The predicted octanol–water partition coefficient (Wildman–Crippen LogP) is 4.34. The number of nitrogens with zero attached hydrogens (tertiary/aromatic N) is 1. The standard InChI is InChI=1S/C20H28N4O/c1-13(2)10-17(12-25)22-20-23-18(14(3)11-15(4)21)19(24-20)16-8-6-5-7-9-16/h5-9,11,13,17,21,25H,10,12H2,1-4H3,(H2,22,23,24)/b14-11-,21-15?. The molecule has 0 spiro atoms. The molecule has 0 radical (unpaired) electrons. The van der Waals surface area contributed by atoms with Gasteiger partial charge in [-0.05, 0) is 37.8 Å². The summed E-state index contributed by atoms with van der Waals surface area (Å²) in [6.07, 6.45) is 2.67. The summed E-state index contributed by atoms with van der Waals surface area (Å²) in [5, 5.41) is 20.6. The number of benzene rings is 1. The van der Waals surface area contributed by atoms with Gasteiger partial charge in [-0.15, -0.1) is 0 Å². The van der Waals surface area contributed by atoms with Gasteiger partial charge in [0.05, 0.1) is 24.0 Å². The van der Waals surface area contributed by atoms with E-state index in [1.165, 1.54) is 0 Å². The summed E-state index contributed by atoms with van der Waals surface area (Å²) in [4.78, 5) is 8.04. The monoisotopic (exact) mass is 340 g/mol. The van der Waals surface area contributed by atoms with Crippen LogP contribution >= 0.6 is 0 Å². The number of rotatable bonds is 8. The second-order valence-electron chi connectivity index (χ2n) is 6.84. The lowest BCUT2D eigenvalue weighted by Gasteiger charge is -2.17. The van der Waals surface area contributed by atoms with E-state index < -0.39 is 0 Å². The van der Waals surface area contributed by atoms with E-state index in [9.17, 15) is 5.11 Å². The summed E-state index contributed by atoms with van der Waals surface area (Å²) < 4.78 is 0. The molecule has 25 heavy (non-hydrogen) atoms. The van der Waals surface area contributed by atoms with E-state index in [0.717, 1.165) is 28.9 Å². The zero-order chi connectivity index (χ0) is 18.4. The average Bonchev–Trinajstić information content (AvgIpc) is 2.98. The van der Waals surface area contributed by atoms with Crippen molar-refractivity contribution in [1.82, 2.24) is 9.97 Å². The third-order valence-electron chi connectivity index (χ3n) is 3.89. The fourth-order valence-corrected chi connectivity index (χ4v) is 2.88. The minimum absolute atomic E-state index is 0.0450. The summed E-state index contributed by atoms with van der Waals surface area (Å²) >= 11 is 0. The highest BCUT2D eigenvalue weighted by molar-refractivity contribution is 5.97. The van der Waals surface area contributed by atoms with Gasteiger partial charge in [0.15, 0.2) is 0 Å². The molecule has 0 saturated carbocycles. The van der Waals surface area contributed by atoms with E-state index in [1.807, 2.05) is 43.3 Å². The van der Waals surface area contributed by atoms with Gasteiger partial charge in [0, 0.05) is 11.3 Å². The molecular formula is C20H28N4O. The molecule has 0 saturated heterocycles. The predicted molar refractivity (Wildman–Crippen MR) is 105 cm³/mol. The molecule has 1 aromatic carbocycles. The molecule has 1 heterocycles. The Hall–Kier alpha value is -2.40. The van der Waals surface area contributed by atoms with Crippen LogP contribution in [0.5, 0.6) is 0 Å². The van der Waals surface area contributed by atoms with Gasteiger partial charge in [0.1, 0.15) is 0 Å². The molecule has 134 valence electrons. The normalized spacial score (nSPS) is 13.1. The molecule has 1 atom stereocenters. The highest BCUT2D eigenvalue weighted by Gasteiger charge is 2.17. The zero-order valence-corrected chi connectivity index (χ0v) is 15.4. The Bertz CT molecular complexity index is 731. The van der Waals surface area contributed by atoms with Crippen molar-refractivity contribution in [3.8, 4) is 11.3 Å². The van der Waals surface area contributed by atoms with Crippen LogP contribution in [-0.4, -0.2) is 33.4 Å². The van der Waals surface area contributed by atoms with Crippen LogP contribution in [0.2, 0.25) is 0 Å². The van der Waals surface area contributed by atoms with E-state index >= 15 is 0 Å². The van der Waals surface area contributed by atoms with Crippen molar-refractivity contribution in [3.63, 3.8) is 0 Å². The van der Waals surface area contributed by atoms with Crippen LogP contribution in [0.15, 0.2) is 36.4 Å². The molecule has 0 amide bonds. The van der Waals surface area contributed by atoms with Crippen LogP contribution in [-0.2, 0) is 0 Å². The van der Waals surface area contributed by atoms with Gasteiger partial charge in [-0.3, -0.25) is 0 Å². The minimum atomic E-state index is -0.0450. The topological polar surface area (TPSA) is 84.8 Å². The maximum Gasteiger partial charge on any atom is 0.201 e. The van der Waals surface area contributed by atoms with E-state index in [1.54, 1.807) is 6.92 Å². The Morgan fingerprint density at radius 2 is 1.96 bits per heavy atom. The molecule has 4 N–H and O–H groups in total. The molecule has 2 aromatic rings. The van der Waals surface area contributed by atoms with Crippen LogP contribution in [0.4, 0.5) is 5.95 Å². The van der Waals surface area contributed by atoms with Crippen LogP contribution in [0, 0.1) is 11.3 Å². The highest BCUT2D eigenvalue weighted by Crippen LogP contribution is 2.28. The number of imidazole rings is 1. The molecule has 0 bridgehead atoms. The fraction of sp³-hybridized carbons (Fsp3) is 0.400. The molecule has 5 heteroatoms. The first kappa shape index (κ1) is 18.9. The maximum absolute atomic E-state index is 9.61. The van der Waals surface area contributed by atoms with Gasteiger partial charge >= 0.3 is 0 Å². The van der Waals surface area contributed by atoms with Crippen molar-refractivity contribution in [2.24, 2.45) is 5.92 Å². The van der Waals surface area contributed by atoms with Gasteiger partial charge < -0.3 is 20.8 Å². The summed E-state index contributed by atoms with van der Waals surface area (Å²) in [5.41, 5.74) is 4.20. The first-order valence-electron chi connectivity index (χ1n) is 8.67. The summed E-state index contributed by atoms with van der Waals surface area (Å²) in [5.74, 6) is 1.12. The second-order valence-corrected chi connectivity index (χ2v) is 6.84. The van der Waals surface area contributed by atoms with Gasteiger partial charge in [-0.25, -0.2) is 4.98 Å².